The molecule has 5 rings (SSSR count). The van der Waals surface area contributed by atoms with Crippen LogP contribution < -0.4 is 10.6 Å². The topological polar surface area (TPSA) is 76.7 Å². The van der Waals surface area contributed by atoms with E-state index in [-0.39, 0.29) is 0 Å². The van der Waals surface area contributed by atoms with Gasteiger partial charge in [0.25, 0.3) is 0 Å². The normalized spacial score (nSPS) is 31.8. The summed E-state index contributed by atoms with van der Waals surface area (Å²) in [5, 5.41) is 5.57. The van der Waals surface area contributed by atoms with Crippen molar-refractivity contribution in [2.75, 3.05) is 23.8 Å². The highest BCUT2D eigenvalue weighted by Crippen LogP contribution is 2.44. The molecule has 31 heavy (non-hydrogen) atoms. The summed E-state index contributed by atoms with van der Waals surface area (Å²) in [5.41, 5.74) is 2.10. The van der Waals surface area contributed by atoms with Crippen LogP contribution >= 0.6 is 0 Å². The standard InChI is InChI=1S/C25H30N2O4/c1-15-2-7-22(26-24(28)30-13-20-10-16-3-5-18(20)8-16)12-23(15)27-25(29)31-14-21-11-17-4-6-19(21)9-17/h2-7,12,16-21H,8-11,13-14H2,1H3,(H,26,28)(H,27,29)/t16-,17-,18-,19-,20+,21+/m0/s1. The summed E-state index contributed by atoms with van der Waals surface area (Å²) in [4.78, 5) is 24.5. The zero-order chi connectivity index (χ0) is 21.4. The molecule has 6 heteroatoms. The Balaban J connectivity index is 1.10. The fourth-order valence-corrected chi connectivity index (χ4v) is 5.67. The highest BCUT2D eigenvalue weighted by atomic mass is 16.6. The van der Waals surface area contributed by atoms with Crippen molar-refractivity contribution in [3.05, 3.63) is 48.1 Å². The molecule has 0 heterocycles. The molecule has 0 saturated heterocycles. The van der Waals surface area contributed by atoms with E-state index >= 15 is 0 Å². The van der Waals surface area contributed by atoms with Crippen molar-refractivity contribution in [2.24, 2.45) is 35.5 Å². The van der Waals surface area contributed by atoms with Crippen molar-refractivity contribution in [2.45, 2.75) is 32.6 Å². The first-order valence-corrected chi connectivity index (χ1v) is 11.4. The number of hydrogen-bond donors (Lipinski definition) is 2. The second-order valence-electron chi connectivity index (χ2n) is 9.56. The lowest BCUT2D eigenvalue weighted by Gasteiger charge is -2.19. The first kappa shape index (κ1) is 20.2. The Morgan fingerprint density at radius 2 is 1.42 bits per heavy atom. The van der Waals surface area contributed by atoms with Gasteiger partial charge in [-0.15, -0.1) is 0 Å². The molecular formula is C25H30N2O4. The van der Waals surface area contributed by atoms with Crippen molar-refractivity contribution in [1.82, 2.24) is 0 Å². The predicted molar refractivity (Wildman–Crippen MR) is 119 cm³/mol. The third-order valence-electron chi connectivity index (χ3n) is 7.41. The number of fused-ring (bicyclic) bond motifs is 4. The molecule has 2 saturated carbocycles. The van der Waals surface area contributed by atoms with Crippen molar-refractivity contribution in [1.29, 1.82) is 0 Å². The maximum absolute atomic E-state index is 12.3. The average molecular weight is 423 g/mol. The lowest BCUT2D eigenvalue weighted by molar-refractivity contribution is 0.133. The number of carbonyl (C=O) groups is 2. The fraction of sp³-hybridized carbons (Fsp3) is 0.520. The second kappa shape index (κ2) is 8.40. The van der Waals surface area contributed by atoms with Crippen LogP contribution in [0.25, 0.3) is 0 Å². The van der Waals surface area contributed by atoms with E-state index in [9.17, 15) is 9.59 Å². The molecule has 4 aliphatic carbocycles. The Morgan fingerprint density at radius 3 is 1.94 bits per heavy atom. The van der Waals surface area contributed by atoms with Gasteiger partial charge in [-0.25, -0.2) is 9.59 Å². The number of ether oxygens (including phenoxy) is 2. The summed E-state index contributed by atoms with van der Waals surface area (Å²) in [5.74, 6) is 3.27. The zero-order valence-electron chi connectivity index (χ0n) is 17.9. The molecule has 4 bridgehead atoms. The van der Waals surface area contributed by atoms with E-state index in [0.29, 0.717) is 60.1 Å². The minimum Gasteiger partial charge on any atom is -0.449 e. The SMILES string of the molecule is Cc1ccc(NC(=O)OC[C@H]2C[C@H]3C=C[C@H]2C3)cc1NC(=O)OC[C@H]1C[C@H]2C=C[C@H]1C2. The molecular weight excluding hydrogens is 392 g/mol. The maximum atomic E-state index is 12.3. The molecule has 0 unspecified atom stereocenters. The minimum absolute atomic E-state index is 0.426. The van der Waals surface area contributed by atoms with Crippen LogP contribution in [0, 0.1) is 42.4 Å². The molecule has 6 atom stereocenters. The van der Waals surface area contributed by atoms with Crippen LogP contribution in [0.2, 0.25) is 0 Å². The number of allylic oxidation sites excluding steroid dienone is 4. The molecule has 2 fully saturated rings. The van der Waals surface area contributed by atoms with E-state index in [1.807, 2.05) is 13.0 Å². The fourth-order valence-electron chi connectivity index (χ4n) is 5.67. The van der Waals surface area contributed by atoms with Gasteiger partial charge in [-0.3, -0.25) is 10.6 Å². The van der Waals surface area contributed by atoms with Gasteiger partial charge in [-0.05, 0) is 74.0 Å². The number of nitrogens with one attached hydrogen (secondary N) is 2. The van der Waals surface area contributed by atoms with Gasteiger partial charge in [0.15, 0.2) is 0 Å². The largest absolute Gasteiger partial charge is 0.449 e. The Bertz CT molecular complexity index is 924. The van der Waals surface area contributed by atoms with Crippen molar-refractivity contribution < 1.29 is 19.1 Å². The summed E-state index contributed by atoms with van der Waals surface area (Å²) in [7, 11) is 0. The lowest BCUT2D eigenvalue weighted by Crippen LogP contribution is -2.22. The number of amides is 2. The first-order chi connectivity index (χ1) is 15.0. The van der Waals surface area contributed by atoms with Crippen LogP contribution in [0.3, 0.4) is 0 Å². The average Bonchev–Trinajstić information content (AvgIpc) is 3.55. The molecule has 6 nitrogen and oxygen atoms in total. The molecule has 2 N–H and O–H groups in total. The molecule has 164 valence electrons. The van der Waals surface area contributed by atoms with Gasteiger partial charge in [-0.2, -0.15) is 0 Å². The zero-order valence-corrected chi connectivity index (χ0v) is 17.9. The molecule has 4 aliphatic rings. The second-order valence-corrected chi connectivity index (χ2v) is 9.56. The number of anilines is 2. The molecule has 0 aliphatic heterocycles. The van der Waals surface area contributed by atoms with Gasteiger partial charge in [0.1, 0.15) is 0 Å². The molecule has 0 radical (unpaired) electrons. The van der Waals surface area contributed by atoms with E-state index in [1.165, 1.54) is 12.8 Å². The van der Waals surface area contributed by atoms with Gasteiger partial charge in [0, 0.05) is 23.2 Å². The Labute approximate surface area is 183 Å². The monoisotopic (exact) mass is 422 g/mol. The molecule has 0 aromatic heterocycles. The Morgan fingerprint density at radius 1 is 0.839 bits per heavy atom. The van der Waals surface area contributed by atoms with Crippen molar-refractivity contribution >= 4 is 23.6 Å². The highest BCUT2D eigenvalue weighted by Gasteiger charge is 2.37. The molecule has 1 aromatic carbocycles. The maximum Gasteiger partial charge on any atom is 0.411 e. The quantitative estimate of drug-likeness (QED) is 0.592. The van der Waals surface area contributed by atoms with E-state index in [4.69, 9.17) is 9.47 Å². The highest BCUT2D eigenvalue weighted by molar-refractivity contribution is 5.89. The Hall–Kier alpha value is -2.76. The van der Waals surface area contributed by atoms with Crippen LogP contribution in [0.5, 0.6) is 0 Å². The van der Waals surface area contributed by atoms with E-state index in [1.54, 1.807) is 12.1 Å². The summed E-state index contributed by atoms with van der Waals surface area (Å²) < 4.78 is 10.9. The number of carbonyl (C=O) groups excluding carboxylic acids is 2. The summed E-state index contributed by atoms with van der Waals surface area (Å²) in [6.07, 6.45) is 12.7. The van der Waals surface area contributed by atoms with Crippen LogP contribution in [-0.4, -0.2) is 25.4 Å². The van der Waals surface area contributed by atoms with Crippen LogP contribution in [0.15, 0.2) is 42.5 Å². The van der Waals surface area contributed by atoms with E-state index < -0.39 is 12.2 Å². The minimum atomic E-state index is -0.464. The number of hydrogen-bond acceptors (Lipinski definition) is 4. The van der Waals surface area contributed by atoms with Crippen molar-refractivity contribution in [3.63, 3.8) is 0 Å². The van der Waals surface area contributed by atoms with Gasteiger partial charge in [0.2, 0.25) is 0 Å². The Kier molecular flexibility index (Phi) is 5.47. The molecule has 2 amide bonds. The third-order valence-corrected chi connectivity index (χ3v) is 7.41. The smallest absolute Gasteiger partial charge is 0.411 e. The van der Waals surface area contributed by atoms with Crippen molar-refractivity contribution in [3.8, 4) is 0 Å². The van der Waals surface area contributed by atoms with E-state index in [0.717, 1.165) is 18.4 Å². The number of aryl methyl sites for hydroxylation is 1. The van der Waals surface area contributed by atoms with Crippen LogP contribution in [0.4, 0.5) is 21.0 Å². The van der Waals surface area contributed by atoms with Gasteiger partial charge in [0.05, 0.1) is 13.2 Å². The van der Waals surface area contributed by atoms with Gasteiger partial charge in [-0.1, -0.05) is 30.4 Å². The van der Waals surface area contributed by atoms with Crippen LogP contribution in [-0.2, 0) is 9.47 Å². The lowest BCUT2D eigenvalue weighted by atomic mass is 9.95. The number of benzene rings is 1. The molecule has 1 aromatic rings. The molecule has 0 spiro atoms. The summed E-state index contributed by atoms with van der Waals surface area (Å²) in [6, 6.07) is 5.39. The van der Waals surface area contributed by atoms with Gasteiger partial charge >= 0.3 is 12.2 Å². The van der Waals surface area contributed by atoms with Crippen LogP contribution in [0.1, 0.15) is 31.2 Å². The summed E-state index contributed by atoms with van der Waals surface area (Å²) >= 11 is 0. The van der Waals surface area contributed by atoms with Gasteiger partial charge < -0.3 is 9.47 Å². The third kappa shape index (κ3) is 4.48. The predicted octanol–water partition coefficient (Wildman–Crippen LogP) is 5.52. The van der Waals surface area contributed by atoms with E-state index in [2.05, 4.69) is 34.9 Å². The number of rotatable bonds is 6. The first-order valence-electron chi connectivity index (χ1n) is 11.4. The summed E-state index contributed by atoms with van der Waals surface area (Å²) in [6.45, 7) is 2.79.